The predicted octanol–water partition coefficient (Wildman–Crippen LogP) is 2.32. The molecule has 1 fully saturated rings. The summed E-state index contributed by atoms with van der Waals surface area (Å²) in [4.78, 5) is 2.11. The Hall–Kier alpha value is -1.22. The van der Waals surface area contributed by atoms with E-state index in [1.807, 2.05) is 26.1 Å². The minimum Gasteiger partial charge on any atom is -0.399 e. The molecule has 3 nitrogen and oxygen atoms in total. The van der Waals surface area contributed by atoms with Crippen LogP contribution in [-0.4, -0.2) is 24.3 Å². The maximum absolute atomic E-state index is 10.4. The van der Waals surface area contributed by atoms with Gasteiger partial charge in [-0.1, -0.05) is 12.8 Å². The topological polar surface area (TPSA) is 49.5 Å². The molecule has 0 amide bonds. The molecular formula is C14H22N2O. The van der Waals surface area contributed by atoms with Gasteiger partial charge >= 0.3 is 0 Å². The molecule has 1 aromatic rings. The molecule has 1 aliphatic rings. The van der Waals surface area contributed by atoms with Crippen molar-refractivity contribution in [2.45, 2.75) is 38.2 Å². The minimum atomic E-state index is -0.507. The quantitative estimate of drug-likeness (QED) is 0.789. The molecule has 0 spiro atoms. The summed E-state index contributed by atoms with van der Waals surface area (Å²) in [5.41, 5.74) is 8.37. The number of nitrogens with two attached hydrogens (primary N) is 1. The van der Waals surface area contributed by atoms with Gasteiger partial charge < -0.3 is 15.7 Å². The fourth-order valence-corrected chi connectivity index (χ4v) is 2.74. The van der Waals surface area contributed by atoms with Crippen molar-refractivity contribution < 1.29 is 5.11 Å². The van der Waals surface area contributed by atoms with Crippen LogP contribution in [0.15, 0.2) is 18.2 Å². The molecule has 0 aromatic heterocycles. The van der Waals surface area contributed by atoms with E-state index in [0.717, 1.165) is 42.6 Å². The van der Waals surface area contributed by atoms with Crippen molar-refractivity contribution in [1.82, 2.24) is 0 Å². The highest BCUT2D eigenvalue weighted by molar-refractivity contribution is 5.58. The Morgan fingerprint density at radius 2 is 1.94 bits per heavy atom. The molecular weight excluding hydrogens is 212 g/mol. The van der Waals surface area contributed by atoms with E-state index >= 15 is 0 Å². The van der Waals surface area contributed by atoms with Gasteiger partial charge in [0.15, 0.2) is 0 Å². The first-order valence-electron chi connectivity index (χ1n) is 6.29. The molecule has 3 N–H and O–H groups in total. The molecule has 0 unspecified atom stereocenters. The summed E-state index contributed by atoms with van der Waals surface area (Å²) in [6.07, 6.45) is 4.11. The standard InChI is InChI=1S/C14H22N2O/c1-11-7-12(15)9-13(8-11)16(2)10-14(17)5-3-4-6-14/h7-9,17H,3-6,10,15H2,1-2H3. The highest BCUT2D eigenvalue weighted by Crippen LogP contribution is 2.31. The van der Waals surface area contributed by atoms with Gasteiger partial charge in [-0.15, -0.1) is 0 Å². The molecule has 0 radical (unpaired) electrons. The van der Waals surface area contributed by atoms with Crippen molar-refractivity contribution in [1.29, 1.82) is 0 Å². The predicted molar refractivity (Wildman–Crippen MR) is 72.3 cm³/mol. The van der Waals surface area contributed by atoms with Gasteiger partial charge in [-0.25, -0.2) is 0 Å². The number of benzene rings is 1. The zero-order valence-electron chi connectivity index (χ0n) is 10.7. The van der Waals surface area contributed by atoms with Crippen LogP contribution in [0.3, 0.4) is 0 Å². The van der Waals surface area contributed by atoms with Crippen LogP contribution in [0, 0.1) is 6.92 Å². The number of aryl methyl sites for hydroxylation is 1. The van der Waals surface area contributed by atoms with Crippen LogP contribution in [0.25, 0.3) is 0 Å². The first kappa shape index (κ1) is 12.2. The lowest BCUT2D eigenvalue weighted by molar-refractivity contribution is 0.0559. The Bertz CT molecular complexity index is 377. The molecule has 1 saturated carbocycles. The maximum Gasteiger partial charge on any atom is 0.0821 e. The lowest BCUT2D eigenvalue weighted by Crippen LogP contribution is -2.39. The third-order valence-electron chi connectivity index (χ3n) is 3.59. The van der Waals surface area contributed by atoms with E-state index in [-0.39, 0.29) is 0 Å². The molecule has 1 aliphatic carbocycles. The summed E-state index contributed by atoms with van der Waals surface area (Å²) in [5, 5.41) is 10.4. The summed E-state index contributed by atoms with van der Waals surface area (Å²) < 4.78 is 0. The van der Waals surface area contributed by atoms with Crippen molar-refractivity contribution in [3.05, 3.63) is 23.8 Å². The van der Waals surface area contributed by atoms with Crippen LogP contribution in [-0.2, 0) is 0 Å². The maximum atomic E-state index is 10.4. The highest BCUT2D eigenvalue weighted by atomic mass is 16.3. The molecule has 17 heavy (non-hydrogen) atoms. The Morgan fingerprint density at radius 3 is 2.53 bits per heavy atom. The SMILES string of the molecule is Cc1cc(N)cc(N(C)CC2(O)CCCC2)c1. The van der Waals surface area contributed by atoms with Crippen LogP contribution in [0.2, 0.25) is 0 Å². The molecule has 94 valence electrons. The lowest BCUT2D eigenvalue weighted by Gasteiger charge is -2.30. The Balaban J connectivity index is 2.11. The van der Waals surface area contributed by atoms with Crippen LogP contribution >= 0.6 is 0 Å². The van der Waals surface area contributed by atoms with E-state index in [1.54, 1.807) is 0 Å². The van der Waals surface area contributed by atoms with Gasteiger partial charge in [0, 0.05) is 25.0 Å². The molecule has 0 saturated heterocycles. The second kappa shape index (κ2) is 4.57. The van der Waals surface area contributed by atoms with Crippen molar-refractivity contribution in [2.24, 2.45) is 0 Å². The van der Waals surface area contributed by atoms with Gasteiger partial charge in [0.05, 0.1) is 5.60 Å². The second-order valence-electron chi connectivity index (χ2n) is 5.39. The summed E-state index contributed by atoms with van der Waals surface area (Å²) in [5.74, 6) is 0. The number of hydrogen-bond donors (Lipinski definition) is 2. The zero-order chi connectivity index (χ0) is 12.5. The van der Waals surface area contributed by atoms with Crippen molar-refractivity contribution >= 4 is 11.4 Å². The normalized spacial score (nSPS) is 18.3. The summed E-state index contributed by atoms with van der Waals surface area (Å²) in [7, 11) is 2.02. The number of rotatable bonds is 3. The van der Waals surface area contributed by atoms with E-state index < -0.39 is 5.60 Å². The number of nitrogens with zero attached hydrogens (tertiary/aromatic N) is 1. The van der Waals surface area contributed by atoms with Crippen molar-refractivity contribution in [3.8, 4) is 0 Å². The average molecular weight is 234 g/mol. The molecule has 0 aliphatic heterocycles. The van der Waals surface area contributed by atoms with Crippen LogP contribution < -0.4 is 10.6 Å². The van der Waals surface area contributed by atoms with Gasteiger partial charge in [0.1, 0.15) is 0 Å². The lowest BCUT2D eigenvalue weighted by atomic mass is 10.0. The highest BCUT2D eigenvalue weighted by Gasteiger charge is 2.32. The molecule has 1 aromatic carbocycles. The third-order valence-corrected chi connectivity index (χ3v) is 3.59. The van der Waals surface area contributed by atoms with Gasteiger partial charge in [-0.2, -0.15) is 0 Å². The van der Waals surface area contributed by atoms with Crippen molar-refractivity contribution in [3.63, 3.8) is 0 Å². The first-order chi connectivity index (χ1) is 7.98. The Labute approximate surface area is 103 Å². The molecule has 0 heterocycles. The Kier molecular flexibility index (Phi) is 3.29. The number of nitrogen functional groups attached to an aromatic ring is 1. The summed E-state index contributed by atoms with van der Waals surface area (Å²) in [6.45, 7) is 2.73. The van der Waals surface area contributed by atoms with Gasteiger partial charge in [-0.05, 0) is 43.5 Å². The van der Waals surface area contributed by atoms with Crippen LogP contribution in [0.1, 0.15) is 31.2 Å². The van der Waals surface area contributed by atoms with Crippen molar-refractivity contribution in [2.75, 3.05) is 24.2 Å². The third kappa shape index (κ3) is 2.91. The van der Waals surface area contributed by atoms with E-state index in [4.69, 9.17) is 5.73 Å². The van der Waals surface area contributed by atoms with Gasteiger partial charge in [0.2, 0.25) is 0 Å². The largest absolute Gasteiger partial charge is 0.399 e. The smallest absolute Gasteiger partial charge is 0.0821 e. The number of hydrogen-bond acceptors (Lipinski definition) is 3. The number of anilines is 2. The summed E-state index contributed by atoms with van der Waals surface area (Å²) >= 11 is 0. The average Bonchev–Trinajstić information content (AvgIpc) is 2.63. The minimum absolute atomic E-state index is 0.507. The number of likely N-dealkylation sites (N-methyl/N-ethyl adjacent to an activating group) is 1. The fourth-order valence-electron chi connectivity index (χ4n) is 2.74. The van der Waals surface area contributed by atoms with E-state index in [2.05, 4.69) is 11.0 Å². The Morgan fingerprint density at radius 1 is 1.29 bits per heavy atom. The zero-order valence-corrected chi connectivity index (χ0v) is 10.7. The monoisotopic (exact) mass is 234 g/mol. The molecule has 2 rings (SSSR count). The molecule has 0 bridgehead atoms. The van der Waals surface area contributed by atoms with Crippen LogP contribution in [0.5, 0.6) is 0 Å². The molecule has 3 heteroatoms. The van der Waals surface area contributed by atoms with E-state index in [9.17, 15) is 5.11 Å². The second-order valence-corrected chi connectivity index (χ2v) is 5.39. The molecule has 0 atom stereocenters. The van der Waals surface area contributed by atoms with E-state index in [0.29, 0.717) is 6.54 Å². The summed E-state index contributed by atoms with van der Waals surface area (Å²) in [6, 6.07) is 6.03. The van der Waals surface area contributed by atoms with Gasteiger partial charge in [0.25, 0.3) is 0 Å². The van der Waals surface area contributed by atoms with E-state index in [1.165, 1.54) is 0 Å². The first-order valence-corrected chi connectivity index (χ1v) is 6.29. The fraction of sp³-hybridized carbons (Fsp3) is 0.571. The number of aliphatic hydroxyl groups is 1. The van der Waals surface area contributed by atoms with Crippen LogP contribution in [0.4, 0.5) is 11.4 Å². The van der Waals surface area contributed by atoms with Gasteiger partial charge in [-0.3, -0.25) is 0 Å².